The van der Waals surface area contributed by atoms with Crippen LogP contribution in [-0.4, -0.2) is 21.5 Å². The first-order valence-corrected chi connectivity index (χ1v) is 10.6. The highest BCUT2D eigenvalue weighted by Gasteiger charge is 2.29. The predicted octanol–water partition coefficient (Wildman–Crippen LogP) is 5.86. The standard InChI is InChI=1S/C23H15BrN4O6/c1-14-19(23(29)26(25-14)17-5-3-2-4-6-17)12-15-11-16(24)7-9-21(15)34-22-10-8-18(27(30)31)13-20(22)28(32)33/h2-13H,1H3/b19-12+. The summed E-state index contributed by atoms with van der Waals surface area (Å²) in [6.07, 6.45) is 1.58. The van der Waals surface area contributed by atoms with Crippen molar-refractivity contribution in [3.63, 3.8) is 0 Å². The highest BCUT2D eigenvalue weighted by molar-refractivity contribution is 9.10. The third-order valence-electron chi connectivity index (χ3n) is 4.90. The van der Waals surface area contributed by atoms with E-state index in [9.17, 15) is 25.0 Å². The number of nitro benzene ring substituents is 2. The van der Waals surface area contributed by atoms with Crippen LogP contribution in [-0.2, 0) is 4.79 Å². The van der Waals surface area contributed by atoms with E-state index in [0.717, 1.165) is 12.1 Å². The second kappa shape index (κ2) is 9.24. The fourth-order valence-electron chi connectivity index (χ4n) is 3.28. The second-order valence-electron chi connectivity index (χ2n) is 7.15. The SMILES string of the molecule is CC1=NN(c2ccccc2)C(=O)/C1=C/c1cc(Br)ccc1Oc1ccc([N+](=O)[O-])cc1[N+](=O)[O-]. The smallest absolute Gasteiger partial charge is 0.318 e. The molecular formula is C23H15BrN4O6. The van der Waals surface area contributed by atoms with Crippen LogP contribution in [0.25, 0.3) is 6.08 Å². The van der Waals surface area contributed by atoms with E-state index >= 15 is 0 Å². The molecule has 0 N–H and O–H groups in total. The third kappa shape index (κ3) is 4.55. The van der Waals surface area contributed by atoms with E-state index in [1.165, 1.54) is 11.1 Å². The minimum atomic E-state index is -0.756. The lowest BCUT2D eigenvalue weighted by Crippen LogP contribution is -2.21. The highest BCUT2D eigenvalue weighted by Crippen LogP contribution is 2.37. The molecule has 10 nitrogen and oxygen atoms in total. The number of nitro groups is 2. The normalized spacial score (nSPS) is 14.3. The van der Waals surface area contributed by atoms with Gasteiger partial charge < -0.3 is 4.74 Å². The van der Waals surface area contributed by atoms with Crippen molar-refractivity contribution in [1.82, 2.24) is 0 Å². The molecule has 11 heteroatoms. The lowest BCUT2D eigenvalue weighted by atomic mass is 10.1. The lowest BCUT2D eigenvalue weighted by molar-refractivity contribution is -0.394. The zero-order valence-electron chi connectivity index (χ0n) is 17.5. The van der Waals surface area contributed by atoms with Gasteiger partial charge in [-0.05, 0) is 49.4 Å². The van der Waals surface area contributed by atoms with Gasteiger partial charge in [-0.25, -0.2) is 0 Å². The number of carbonyl (C=O) groups excluding carboxylic acids is 1. The molecule has 1 amide bonds. The van der Waals surface area contributed by atoms with Gasteiger partial charge in [0.25, 0.3) is 11.6 Å². The molecule has 34 heavy (non-hydrogen) atoms. The van der Waals surface area contributed by atoms with Crippen LogP contribution in [0.4, 0.5) is 17.1 Å². The molecule has 1 heterocycles. The molecule has 3 aromatic carbocycles. The van der Waals surface area contributed by atoms with Gasteiger partial charge in [0, 0.05) is 16.1 Å². The molecule has 4 rings (SSSR count). The summed E-state index contributed by atoms with van der Waals surface area (Å²) >= 11 is 3.38. The summed E-state index contributed by atoms with van der Waals surface area (Å²) in [5, 5.41) is 28.1. The molecule has 0 aromatic heterocycles. The van der Waals surface area contributed by atoms with Crippen LogP contribution < -0.4 is 9.75 Å². The molecule has 0 atom stereocenters. The molecule has 3 aromatic rings. The van der Waals surface area contributed by atoms with E-state index in [2.05, 4.69) is 21.0 Å². The molecule has 0 aliphatic carbocycles. The molecule has 0 unspecified atom stereocenters. The molecule has 0 spiro atoms. The highest BCUT2D eigenvalue weighted by atomic mass is 79.9. The number of hydrazone groups is 1. The van der Waals surface area contributed by atoms with Crippen molar-refractivity contribution in [1.29, 1.82) is 0 Å². The average Bonchev–Trinajstić information content (AvgIpc) is 3.09. The Balaban J connectivity index is 1.73. The van der Waals surface area contributed by atoms with Crippen molar-refractivity contribution in [2.75, 3.05) is 5.01 Å². The average molecular weight is 523 g/mol. The number of ether oxygens (including phenoxy) is 1. The third-order valence-corrected chi connectivity index (χ3v) is 5.40. The van der Waals surface area contributed by atoms with Crippen molar-refractivity contribution in [2.24, 2.45) is 5.10 Å². The van der Waals surface area contributed by atoms with Crippen LogP contribution >= 0.6 is 15.9 Å². The molecule has 1 aliphatic rings. The maximum Gasteiger partial charge on any atom is 0.318 e. The van der Waals surface area contributed by atoms with Crippen molar-refractivity contribution in [2.45, 2.75) is 6.92 Å². The molecule has 1 aliphatic heterocycles. The van der Waals surface area contributed by atoms with Gasteiger partial charge in [-0.1, -0.05) is 34.1 Å². The number of rotatable bonds is 6. The van der Waals surface area contributed by atoms with E-state index in [4.69, 9.17) is 4.74 Å². The second-order valence-corrected chi connectivity index (χ2v) is 8.06. The Labute approximate surface area is 201 Å². The van der Waals surface area contributed by atoms with E-state index in [1.54, 1.807) is 55.5 Å². The summed E-state index contributed by atoms with van der Waals surface area (Å²) in [5.41, 5.74) is 0.894. The molecule has 0 saturated heterocycles. The van der Waals surface area contributed by atoms with Gasteiger partial charge in [0.05, 0.1) is 32.9 Å². The van der Waals surface area contributed by atoms with Crippen molar-refractivity contribution >= 4 is 50.7 Å². The first kappa shape index (κ1) is 22.8. The number of nitrogens with zero attached hydrogens (tertiary/aromatic N) is 4. The predicted molar refractivity (Wildman–Crippen MR) is 129 cm³/mol. The van der Waals surface area contributed by atoms with Crippen LogP contribution in [0.1, 0.15) is 12.5 Å². The molecular weight excluding hydrogens is 508 g/mol. The quantitative estimate of drug-likeness (QED) is 0.226. The molecule has 0 fully saturated rings. The van der Waals surface area contributed by atoms with Crippen molar-refractivity contribution in [3.05, 3.63) is 103 Å². The number of non-ortho nitro benzene ring substituents is 1. The van der Waals surface area contributed by atoms with Gasteiger partial charge in [-0.15, -0.1) is 0 Å². The monoisotopic (exact) mass is 522 g/mol. The first-order valence-electron chi connectivity index (χ1n) is 9.81. The number of carbonyl (C=O) groups is 1. The molecule has 0 radical (unpaired) electrons. The van der Waals surface area contributed by atoms with Crippen LogP contribution in [0.15, 0.2) is 81.9 Å². The minimum absolute atomic E-state index is 0.174. The van der Waals surface area contributed by atoms with Gasteiger partial charge in [0.15, 0.2) is 0 Å². The summed E-state index contributed by atoms with van der Waals surface area (Å²) in [4.78, 5) is 34.1. The van der Waals surface area contributed by atoms with E-state index in [1.807, 2.05) is 6.07 Å². The Bertz CT molecular complexity index is 1390. The number of halogens is 1. The van der Waals surface area contributed by atoms with Crippen LogP contribution in [0.3, 0.4) is 0 Å². The molecule has 0 bridgehead atoms. The van der Waals surface area contributed by atoms with E-state index in [-0.39, 0.29) is 17.4 Å². The Morgan fingerprint density at radius 2 is 1.68 bits per heavy atom. The summed E-state index contributed by atoms with van der Waals surface area (Å²) in [6, 6.07) is 17.0. The number of hydrogen-bond acceptors (Lipinski definition) is 7. The van der Waals surface area contributed by atoms with E-state index < -0.39 is 21.2 Å². The van der Waals surface area contributed by atoms with Gasteiger partial charge in [0.1, 0.15) is 5.75 Å². The number of amides is 1. The Hall–Kier alpha value is -4.38. The fraction of sp³-hybridized carbons (Fsp3) is 0.0435. The van der Waals surface area contributed by atoms with Gasteiger partial charge in [-0.3, -0.25) is 25.0 Å². The van der Waals surface area contributed by atoms with Crippen LogP contribution in [0.5, 0.6) is 11.5 Å². The van der Waals surface area contributed by atoms with Crippen LogP contribution in [0.2, 0.25) is 0 Å². The zero-order chi connectivity index (χ0) is 24.4. The van der Waals surface area contributed by atoms with E-state index in [0.29, 0.717) is 27.0 Å². The Kier molecular flexibility index (Phi) is 6.19. The maximum atomic E-state index is 13.1. The van der Waals surface area contributed by atoms with Crippen molar-refractivity contribution in [3.8, 4) is 11.5 Å². The van der Waals surface area contributed by atoms with Gasteiger partial charge in [0.2, 0.25) is 5.75 Å². The Morgan fingerprint density at radius 1 is 0.971 bits per heavy atom. The number of para-hydroxylation sites is 1. The largest absolute Gasteiger partial charge is 0.449 e. The summed E-state index contributed by atoms with van der Waals surface area (Å²) < 4.78 is 6.47. The molecule has 0 saturated carbocycles. The zero-order valence-corrected chi connectivity index (χ0v) is 19.1. The first-order chi connectivity index (χ1) is 16.2. The number of anilines is 1. The summed E-state index contributed by atoms with van der Waals surface area (Å²) in [6.45, 7) is 1.70. The van der Waals surface area contributed by atoms with Gasteiger partial charge in [-0.2, -0.15) is 10.1 Å². The minimum Gasteiger partial charge on any atom is -0.449 e. The topological polar surface area (TPSA) is 128 Å². The number of benzene rings is 3. The molecule has 170 valence electrons. The van der Waals surface area contributed by atoms with Crippen molar-refractivity contribution < 1.29 is 19.4 Å². The fourth-order valence-corrected chi connectivity index (χ4v) is 3.65. The van der Waals surface area contributed by atoms with Gasteiger partial charge >= 0.3 is 5.69 Å². The maximum absolute atomic E-state index is 13.1. The Morgan fingerprint density at radius 3 is 2.35 bits per heavy atom. The summed E-state index contributed by atoms with van der Waals surface area (Å²) in [5.74, 6) is -0.297. The summed E-state index contributed by atoms with van der Waals surface area (Å²) in [7, 11) is 0. The number of hydrogen-bond donors (Lipinski definition) is 0. The lowest BCUT2D eigenvalue weighted by Gasteiger charge is -2.12. The van der Waals surface area contributed by atoms with Crippen LogP contribution in [0, 0.1) is 20.2 Å².